The van der Waals surface area contributed by atoms with Crippen molar-refractivity contribution in [1.29, 1.82) is 5.26 Å². The third-order valence-electron chi connectivity index (χ3n) is 2.92. The van der Waals surface area contributed by atoms with Crippen LogP contribution in [0, 0.1) is 17.1 Å². The molecule has 0 saturated heterocycles. The lowest BCUT2D eigenvalue weighted by Gasteiger charge is -2.10. The number of Topliss-reactive ketones (excluding diaryl/α,β-unsaturated/α-hetero) is 1. The zero-order valence-electron chi connectivity index (χ0n) is 11.2. The third-order valence-corrected chi connectivity index (χ3v) is 3.22. The summed E-state index contributed by atoms with van der Waals surface area (Å²) in [5.74, 6) is -0.351. The van der Waals surface area contributed by atoms with Crippen molar-refractivity contribution < 1.29 is 13.9 Å². The van der Waals surface area contributed by atoms with Crippen LogP contribution in [0.4, 0.5) is 4.39 Å². The predicted molar refractivity (Wildman–Crippen MR) is 76.9 cm³/mol. The van der Waals surface area contributed by atoms with Crippen molar-refractivity contribution in [3.05, 3.63) is 63.9 Å². The molecule has 0 aliphatic carbocycles. The smallest absolute Gasteiger partial charge is 0.159 e. The van der Waals surface area contributed by atoms with E-state index in [2.05, 4.69) is 0 Å². The number of nitrogens with zero attached hydrogens (tertiary/aromatic N) is 1. The molecule has 0 unspecified atom stereocenters. The van der Waals surface area contributed by atoms with E-state index < -0.39 is 5.82 Å². The Hall–Kier alpha value is -2.38. The van der Waals surface area contributed by atoms with Crippen LogP contribution in [0.15, 0.2) is 36.4 Å². The van der Waals surface area contributed by atoms with E-state index in [1.807, 2.05) is 0 Å². The molecule has 2 aromatic carbocycles. The molecule has 0 fully saturated rings. The van der Waals surface area contributed by atoms with E-state index in [9.17, 15) is 9.18 Å². The molecule has 0 radical (unpaired) electrons. The highest BCUT2D eigenvalue weighted by Gasteiger charge is 2.10. The first-order valence-corrected chi connectivity index (χ1v) is 6.51. The van der Waals surface area contributed by atoms with E-state index in [1.54, 1.807) is 24.3 Å². The van der Waals surface area contributed by atoms with E-state index in [4.69, 9.17) is 21.6 Å². The van der Waals surface area contributed by atoms with E-state index >= 15 is 0 Å². The number of benzene rings is 2. The Morgan fingerprint density at radius 3 is 2.76 bits per heavy atom. The van der Waals surface area contributed by atoms with Crippen LogP contribution in [0.25, 0.3) is 0 Å². The number of halogens is 2. The molecule has 0 N–H and O–H groups in total. The van der Waals surface area contributed by atoms with Crippen LogP contribution in [-0.2, 0) is 6.61 Å². The maximum Gasteiger partial charge on any atom is 0.159 e. The fraction of sp³-hybridized carbons (Fsp3) is 0.125. The van der Waals surface area contributed by atoms with Crippen molar-refractivity contribution >= 4 is 17.4 Å². The summed E-state index contributed by atoms with van der Waals surface area (Å²) < 4.78 is 19.3. The number of nitriles is 1. The summed E-state index contributed by atoms with van der Waals surface area (Å²) in [6, 6.07) is 10.9. The molecule has 3 nitrogen and oxygen atoms in total. The summed E-state index contributed by atoms with van der Waals surface area (Å²) >= 11 is 6.01. The molecule has 21 heavy (non-hydrogen) atoms. The average molecular weight is 304 g/mol. The molecule has 0 saturated carbocycles. The van der Waals surface area contributed by atoms with Gasteiger partial charge in [-0.05, 0) is 31.2 Å². The van der Waals surface area contributed by atoms with Gasteiger partial charge in [0.25, 0.3) is 0 Å². The van der Waals surface area contributed by atoms with E-state index in [-0.39, 0.29) is 28.5 Å². The predicted octanol–water partition coefficient (Wildman–Crippen LogP) is 4.13. The second-order valence-electron chi connectivity index (χ2n) is 4.38. The second kappa shape index (κ2) is 6.38. The van der Waals surface area contributed by atoms with Gasteiger partial charge in [-0.3, -0.25) is 4.79 Å². The Morgan fingerprint density at radius 1 is 1.38 bits per heavy atom. The van der Waals surface area contributed by atoms with Gasteiger partial charge in [0.15, 0.2) is 5.78 Å². The van der Waals surface area contributed by atoms with Crippen molar-refractivity contribution in [3.8, 4) is 11.8 Å². The number of hydrogen-bond acceptors (Lipinski definition) is 3. The molecule has 0 aliphatic rings. The lowest BCUT2D eigenvalue weighted by atomic mass is 10.1. The highest BCUT2D eigenvalue weighted by atomic mass is 35.5. The molecular weight excluding hydrogens is 293 g/mol. The summed E-state index contributed by atoms with van der Waals surface area (Å²) in [5, 5.41) is 9.05. The van der Waals surface area contributed by atoms with Crippen LogP contribution in [0.3, 0.4) is 0 Å². The zero-order chi connectivity index (χ0) is 15.4. The molecule has 5 heteroatoms. The molecule has 0 aromatic heterocycles. The van der Waals surface area contributed by atoms with E-state index in [1.165, 1.54) is 25.1 Å². The minimum absolute atomic E-state index is 0.0332. The second-order valence-corrected chi connectivity index (χ2v) is 4.79. The molecule has 0 aliphatic heterocycles. The van der Waals surface area contributed by atoms with Gasteiger partial charge in [-0.25, -0.2) is 4.39 Å². The lowest BCUT2D eigenvalue weighted by molar-refractivity contribution is 0.101. The number of ketones is 1. The van der Waals surface area contributed by atoms with E-state index in [0.717, 1.165) is 0 Å². The Kier molecular flexibility index (Phi) is 4.56. The highest BCUT2D eigenvalue weighted by Crippen LogP contribution is 2.27. The SMILES string of the molecule is CC(=O)c1ccc(OCc2cccc(C#N)c2F)c(Cl)c1. The summed E-state index contributed by atoms with van der Waals surface area (Å²) in [5.41, 5.74) is 0.708. The van der Waals surface area contributed by atoms with Crippen molar-refractivity contribution in [3.63, 3.8) is 0 Å². The molecule has 0 spiro atoms. The number of carbonyl (C=O) groups excluding carboxylic acids is 1. The van der Waals surface area contributed by atoms with Crippen molar-refractivity contribution in [2.45, 2.75) is 13.5 Å². The van der Waals surface area contributed by atoms with Gasteiger partial charge in [-0.2, -0.15) is 5.26 Å². The van der Waals surface area contributed by atoms with Gasteiger partial charge in [-0.1, -0.05) is 23.7 Å². The molecule has 106 valence electrons. The molecule has 2 aromatic rings. The van der Waals surface area contributed by atoms with Crippen LogP contribution >= 0.6 is 11.6 Å². The Bertz CT molecular complexity index is 738. The largest absolute Gasteiger partial charge is 0.487 e. The van der Waals surface area contributed by atoms with Gasteiger partial charge in [-0.15, -0.1) is 0 Å². The average Bonchev–Trinajstić information content (AvgIpc) is 2.47. The highest BCUT2D eigenvalue weighted by molar-refractivity contribution is 6.32. The topological polar surface area (TPSA) is 50.1 Å². The number of rotatable bonds is 4. The van der Waals surface area contributed by atoms with Gasteiger partial charge in [0.1, 0.15) is 24.2 Å². The first-order chi connectivity index (χ1) is 10.0. The minimum Gasteiger partial charge on any atom is -0.487 e. The maximum atomic E-state index is 13.9. The van der Waals surface area contributed by atoms with Gasteiger partial charge < -0.3 is 4.74 Å². The van der Waals surface area contributed by atoms with Gasteiger partial charge in [0.05, 0.1) is 10.6 Å². The summed E-state index contributed by atoms with van der Waals surface area (Å²) in [6.07, 6.45) is 0. The Labute approximate surface area is 126 Å². The quantitative estimate of drug-likeness (QED) is 0.798. The monoisotopic (exact) mass is 303 g/mol. The van der Waals surface area contributed by atoms with Gasteiger partial charge >= 0.3 is 0 Å². The minimum atomic E-state index is -0.600. The molecule has 0 bridgehead atoms. The Morgan fingerprint density at radius 2 is 2.14 bits per heavy atom. The van der Waals surface area contributed by atoms with Crippen molar-refractivity contribution in [2.24, 2.45) is 0 Å². The van der Waals surface area contributed by atoms with Crippen LogP contribution in [0.2, 0.25) is 5.02 Å². The van der Waals surface area contributed by atoms with Crippen LogP contribution < -0.4 is 4.74 Å². The number of hydrogen-bond donors (Lipinski definition) is 0. The molecule has 0 amide bonds. The van der Waals surface area contributed by atoms with Gasteiger partial charge in [0.2, 0.25) is 0 Å². The van der Waals surface area contributed by atoms with Crippen molar-refractivity contribution in [2.75, 3.05) is 0 Å². The number of carbonyl (C=O) groups is 1. The van der Waals surface area contributed by atoms with Crippen LogP contribution in [-0.4, -0.2) is 5.78 Å². The molecule has 0 heterocycles. The Balaban J connectivity index is 2.18. The standard InChI is InChI=1S/C16H11ClFNO2/c1-10(20)11-5-6-15(14(17)7-11)21-9-13-4-2-3-12(8-19)16(13)18/h2-7H,9H2,1H3. The fourth-order valence-corrected chi connectivity index (χ4v) is 2.01. The molecule has 0 atom stereocenters. The zero-order valence-corrected chi connectivity index (χ0v) is 11.9. The lowest BCUT2D eigenvalue weighted by Crippen LogP contribution is -2.01. The first kappa shape index (κ1) is 15.0. The third kappa shape index (κ3) is 3.39. The van der Waals surface area contributed by atoms with Crippen LogP contribution in [0.1, 0.15) is 28.4 Å². The van der Waals surface area contributed by atoms with Gasteiger partial charge in [0, 0.05) is 11.1 Å². The first-order valence-electron chi connectivity index (χ1n) is 6.13. The fourth-order valence-electron chi connectivity index (χ4n) is 1.77. The molecule has 2 rings (SSSR count). The number of ether oxygens (including phenoxy) is 1. The van der Waals surface area contributed by atoms with Crippen molar-refractivity contribution in [1.82, 2.24) is 0 Å². The maximum absolute atomic E-state index is 13.9. The normalized spacial score (nSPS) is 10.0. The summed E-state index contributed by atoms with van der Waals surface area (Å²) in [7, 11) is 0. The van der Waals surface area contributed by atoms with Crippen LogP contribution in [0.5, 0.6) is 5.75 Å². The summed E-state index contributed by atoms with van der Waals surface area (Å²) in [6.45, 7) is 1.38. The summed E-state index contributed by atoms with van der Waals surface area (Å²) in [4.78, 5) is 11.2. The molecular formula is C16H11ClFNO2. The van der Waals surface area contributed by atoms with E-state index in [0.29, 0.717) is 11.3 Å².